The number of hydrogen-bond acceptors (Lipinski definition) is 5. The fraction of sp³-hybridized carbons (Fsp3) is 0.316. The molecule has 1 aromatic carbocycles. The van der Waals surface area contributed by atoms with Crippen molar-refractivity contribution in [1.82, 2.24) is 9.97 Å². The van der Waals surface area contributed by atoms with Crippen molar-refractivity contribution in [2.75, 3.05) is 0 Å². The zero-order valence-electron chi connectivity index (χ0n) is 14.9. The van der Waals surface area contributed by atoms with Crippen LogP contribution in [0.3, 0.4) is 0 Å². The summed E-state index contributed by atoms with van der Waals surface area (Å²) in [5, 5.41) is 11.2. The lowest BCUT2D eigenvalue weighted by Crippen LogP contribution is -2.27. The number of hydrogen-bond donors (Lipinski definition) is 1. The van der Waals surface area contributed by atoms with Gasteiger partial charge < -0.3 is 5.11 Å². The first-order valence-electron chi connectivity index (χ1n) is 7.96. The largest absolute Gasteiger partial charge is 0.480 e. The topological polar surface area (TPSA) is 63.1 Å². The zero-order valence-corrected chi connectivity index (χ0v) is 16.5. The van der Waals surface area contributed by atoms with E-state index in [1.807, 2.05) is 6.92 Å². The van der Waals surface area contributed by atoms with Gasteiger partial charge in [-0.15, -0.1) is 11.3 Å². The summed E-state index contributed by atoms with van der Waals surface area (Å²) in [6.45, 7) is 9.39. The highest BCUT2D eigenvalue weighted by molar-refractivity contribution is 8.01. The minimum absolute atomic E-state index is 0.660. The molecule has 0 unspecified atom stereocenters. The van der Waals surface area contributed by atoms with Crippen molar-refractivity contribution in [3.8, 4) is 11.1 Å². The van der Waals surface area contributed by atoms with Crippen LogP contribution in [-0.2, 0) is 4.79 Å². The highest BCUT2D eigenvalue weighted by Gasteiger charge is 2.31. The SMILES string of the molecule is Cc1ccc(-c2c(C)sc3nc(C)nc(SC(C)(C)C(=O)O)c23)cc1. The van der Waals surface area contributed by atoms with Crippen LogP contribution in [0.4, 0.5) is 0 Å². The number of benzene rings is 1. The van der Waals surface area contributed by atoms with Crippen LogP contribution in [0, 0.1) is 20.8 Å². The van der Waals surface area contributed by atoms with E-state index in [9.17, 15) is 9.90 Å². The van der Waals surface area contributed by atoms with Gasteiger partial charge in [-0.1, -0.05) is 41.6 Å². The summed E-state index contributed by atoms with van der Waals surface area (Å²) in [5.41, 5.74) is 3.41. The van der Waals surface area contributed by atoms with Crippen LogP contribution in [0.1, 0.15) is 30.1 Å². The molecule has 4 nitrogen and oxygen atoms in total. The van der Waals surface area contributed by atoms with Crippen LogP contribution in [0.25, 0.3) is 21.3 Å². The summed E-state index contributed by atoms with van der Waals surface area (Å²) in [7, 11) is 0. The van der Waals surface area contributed by atoms with Gasteiger partial charge in [-0.05, 0) is 40.2 Å². The monoisotopic (exact) mass is 372 g/mol. The van der Waals surface area contributed by atoms with Crippen molar-refractivity contribution in [3.05, 3.63) is 40.5 Å². The lowest BCUT2D eigenvalue weighted by Gasteiger charge is -2.18. The van der Waals surface area contributed by atoms with Crippen molar-refractivity contribution in [2.45, 2.75) is 44.4 Å². The van der Waals surface area contributed by atoms with E-state index in [0.29, 0.717) is 5.82 Å². The van der Waals surface area contributed by atoms with Gasteiger partial charge >= 0.3 is 5.97 Å². The number of carboxylic acid groups (broad SMARTS) is 1. The molecule has 0 radical (unpaired) electrons. The molecule has 1 N–H and O–H groups in total. The molecule has 0 aliphatic carbocycles. The molecule has 130 valence electrons. The highest BCUT2D eigenvalue weighted by Crippen LogP contribution is 2.44. The van der Waals surface area contributed by atoms with Crippen molar-refractivity contribution in [2.24, 2.45) is 0 Å². The minimum atomic E-state index is -0.964. The van der Waals surface area contributed by atoms with Crippen LogP contribution in [-0.4, -0.2) is 25.8 Å². The number of carboxylic acids is 1. The van der Waals surface area contributed by atoms with Gasteiger partial charge in [0.15, 0.2) is 0 Å². The van der Waals surface area contributed by atoms with E-state index in [1.165, 1.54) is 17.3 Å². The first-order chi connectivity index (χ1) is 11.7. The molecule has 3 aromatic rings. The number of aryl methyl sites for hydroxylation is 3. The van der Waals surface area contributed by atoms with Crippen LogP contribution in [0.5, 0.6) is 0 Å². The van der Waals surface area contributed by atoms with Crippen LogP contribution in [0.15, 0.2) is 29.3 Å². The molecule has 0 bridgehead atoms. The normalized spacial score (nSPS) is 11.9. The van der Waals surface area contributed by atoms with E-state index in [-0.39, 0.29) is 0 Å². The quantitative estimate of drug-likeness (QED) is 0.501. The van der Waals surface area contributed by atoms with E-state index in [2.05, 4.69) is 48.1 Å². The molecule has 0 saturated heterocycles. The summed E-state index contributed by atoms with van der Waals surface area (Å²) >= 11 is 2.91. The molecule has 2 aromatic heterocycles. The molecule has 0 atom stereocenters. The number of aromatic nitrogens is 2. The Labute approximate surface area is 155 Å². The third-order valence-corrected chi connectivity index (χ3v) is 6.19. The summed E-state index contributed by atoms with van der Waals surface area (Å²) < 4.78 is -0.964. The minimum Gasteiger partial charge on any atom is -0.480 e. The standard InChI is InChI=1S/C19H20N2O2S2/c1-10-6-8-13(9-7-10)14-11(2)24-16-15(14)17(21-12(3)20-16)25-19(4,5)18(22)23/h6-9H,1-5H3,(H,22,23). The summed E-state index contributed by atoms with van der Waals surface area (Å²) in [6, 6.07) is 8.36. The van der Waals surface area contributed by atoms with Gasteiger partial charge in [0.1, 0.15) is 20.4 Å². The summed E-state index contributed by atoms with van der Waals surface area (Å²) in [4.78, 5) is 22.8. The smallest absolute Gasteiger partial charge is 0.319 e. The lowest BCUT2D eigenvalue weighted by molar-refractivity contribution is -0.138. The summed E-state index contributed by atoms with van der Waals surface area (Å²) in [6.07, 6.45) is 0. The second-order valence-electron chi connectivity index (χ2n) is 6.57. The Morgan fingerprint density at radius 2 is 1.76 bits per heavy atom. The second kappa shape index (κ2) is 6.42. The Hall–Kier alpha value is -1.92. The fourth-order valence-corrected chi connectivity index (χ4v) is 4.81. The van der Waals surface area contributed by atoms with Gasteiger partial charge in [0.2, 0.25) is 0 Å². The fourth-order valence-electron chi connectivity index (χ4n) is 2.61. The summed E-state index contributed by atoms with van der Waals surface area (Å²) in [5.74, 6) is -0.196. The number of thiophene rings is 1. The van der Waals surface area contributed by atoms with Crippen molar-refractivity contribution in [3.63, 3.8) is 0 Å². The second-order valence-corrected chi connectivity index (χ2v) is 9.39. The average Bonchev–Trinajstić information content (AvgIpc) is 2.83. The molecule has 0 saturated carbocycles. The van der Waals surface area contributed by atoms with Gasteiger partial charge in [0.25, 0.3) is 0 Å². The first kappa shape index (κ1) is 17.9. The molecule has 0 amide bonds. The Bertz CT molecular complexity index is 960. The van der Waals surface area contributed by atoms with Crippen LogP contribution < -0.4 is 0 Å². The molecular formula is C19H20N2O2S2. The van der Waals surface area contributed by atoms with E-state index in [0.717, 1.165) is 31.2 Å². The maximum atomic E-state index is 11.6. The third kappa shape index (κ3) is 3.41. The molecule has 2 heterocycles. The van der Waals surface area contributed by atoms with Gasteiger partial charge in [0, 0.05) is 10.4 Å². The molecule has 0 aliphatic heterocycles. The number of thioether (sulfide) groups is 1. The predicted octanol–water partition coefficient (Wildman–Crippen LogP) is 5.24. The highest BCUT2D eigenvalue weighted by atomic mass is 32.2. The Morgan fingerprint density at radius 1 is 1.12 bits per heavy atom. The van der Waals surface area contributed by atoms with Gasteiger partial charge in [-0.2, -0.15) is 0 Å². The van der Waals surface area contributed by atoms with Gasteiger partial charge in [-0.3, -0.25) is 4.79 Å². The number of rotatable bonds is 4. The predicted molar refractivity (Wildman–Crippen MR) is 105 cm³/mol. The molecule has 25 heavy (non-hydrogen) atoms. The van der Waals surface area contributed by atoms with E-state index in [1.54, 1.807) is 25.2 Å². The van der Waals surface area contributed by atoms with Crippen molar-refractivity contribution >= 4 is 39.3 Å². The Kier molecular flexibility index (Phi) is 4.60. The average molecular weight is 373 g/mol. The van der Waals surface area contributed by atoms with E-state index >= 15 is 0 Å². The van der Waals surface area contributed by atoms with Gasteiger partial charge in [0.05, 0.1) is 5.39 Å². The number of carbonyl (C=O) groups is 1. The van der Waals surface area contributed by atoms with Crippen molar-refractivity contribution in [1.29, 1.82) is 0 Å². The van der Waals surface area contributed by atoms with Crippen LogP contribution in [0.2, 0.25) is 0 Å². The molecule has 0 aliphatic rings. The number of nitrogens with zero attached hydrogens (tertiary/aromatic N) is 2. The Morgan fingerprint density at radius 3 is 2.36 bits per heavy atom. The maximum absolute atomic E-state index is 11.6. The molecule has 0 spiro atoms. The third-order valence-electron chi connectivity index (χ3n) is 4.01. The van der Waals surface area contributed by atoms with Crippen LogP contribution >= 0.6 is 23.1 Å². The number of aliphatic carboxylic acids is 1. The maximum Gasteiger partial charge on any atom is 0.319 e. The number of fused-ring (bicyclic) bond motifs is 1. The first-order valence-corrected chi connectivity index (χ1v) is 9.59. The lowest BCUT2D eigenvalue weighted by atomic mass is 10.0. The van der Waals surface area contributed by atoms with Crippen molar-refractivity contribution < 1.29 is 9.90 Å². The zero-order chi connectivity index (χ0) is 18.4. The molecule has 3 rings (SSSR count). The van der Waals surface area contributed by atoms with Gasteiger partial charge in [-0.25, -0.2) is 9.97 Å². The molecule has 0 fully saturated rings. The molecule has 6 heteroatoms. The van der Waals surface area contributed by atoms with E-state index in [4.69, 9.17) is 0 Å². The Balaban J connectivity index is 2.26. The van der Waals surface area contributed by atoms with E-state index < -0.39 is 10.7 Å². The molecular weight excluding hydrogens is 352 g/mol.